The highest BCUT2D eigenvalue weighted by Crippen LogP contribution is 2.40. The third kappa shape index (κ3) is 3.25. The van der Waals surface area contributed by atoms with Gasteiger partial charge in [0.2, 0.25) is 0 Å². The van der Waals surface area contributed by atoms with Crippen LogP contribution in [-0.4, -0.2) is 31.6 Å². The van der Waals surface area contributed by atoms with Crippen LogP contribution in [0.15, 0.2) is 18.2 Å². The SMILES string of the molecule is CCN1CCCC(CNC)C1c1cccc(Cl)c1Cl. The summed E-state index contributed by atoms with van der Waals surface area (Å²) in [5.41, 5.74) is 1.18. The minimum absolute atomic E-state index is 0.373. The van der Waals surface area contributed by atoms with Crippen molar-refractivity contribution in [2.75, 3.05) is 26.7 Å². The highest BCUT2D eigenvalue weighted by molar-refractivity contribution is 6.42. The lowest BCUT2D eigenvalue weighted by Crippen LogP contribution is -2.42. The summed E-state index contributed by atoms with van der Waals surface area (Å²) in [6.45, 7) is 5.43. The van der Waals surface area contributed by atoms with Crippen LogP contribution in [0.25, 0.3) is 0 Å². The average Bonchev–Trinajstić information content (AvgIpc) is 2.42. The van der Waals surface area contributed by atoms with Gasteiger partial charge < -0.3 is 5.32 Å². The monoisotopic (exact) mass is 300 g/mol. The van der Waals surface area contributed by atoms with Crippen molar-refractivity contribution < 1.29 is 0 Å². The van der Waals surface area contributed by atoms with Crippen molar-refractivity contribution in [2.45, 2.75) is 25.8 Å². The lowest BCUT2D eigenvalue weighted by Gasteiger charge is -2.41. The van der Waals surface area contributed by atoms with Gasteiger partial charge >= 0.3 is 0 Å². The topological polar surface area (TPSA) is 15.3 Å². The van der Waals surface area contributed by atoms with E-state index < -0.39 is 0 Å². The first kappa shape index (κ1) is 15.1. The van der Waals surface area contributed by atoms with Gasteiger partial charge in [-0.25, -0.2) is 0 Å². The quantitative estimate of drug-likeness (QED) is 0.904. The van der Waals surface area contributed by atoms with Crippen LogP contribution in [0.2, 0.25) is 10.0 Å². The largest absolute Gasteiger partial charge is 0.319 e. The van der Waals surface area contributed by atoms with E-state index in [1.807, 2.05) is 19.2 Å². The molecule has 0 amide bonds. The van der Waals surface area contributed by atoms with Gasteiger partial charge in [0.25, 0.3) is 0 Å². The summed E-state index contributed by atoms with van der Waals surface area (Å²) >= 11 is 12.6. The number of halogens is 2. The molecule has 1 saturated heterocycles. The molecule has 1 aliphatic heterocycles. The van der Waals surface area contributed by atoms with E-state index in [4.69, 9.17) is 23.2 Å². The summed E-state index contributed by atoms with van der Waals surface area (Å²) in [6.07, 6.45) is 2.50. The van der Waals surface area contributed by atoms with E-state index in [9.17, 15) is 0 Å². The van der Waals surface area contributed by atoms with Crippen LogP contribution >= 0.6 is 23.2 Å². The Kier molecular flexibility index (Phi) is 5.52. The molecule has 106 valence electrons. The fourth-order valence-electron chi connectivity index (χ4n) is 3.18. The van der Waals surface area contributed by atoms with E-state index in [1.54, 1.807) is 0 Å². The predicted octanol–water partition coefficient (Wildman–Crippen LogP) is 3.99. The first-order valence-corrected chi connectivity index (χ1v) is 7.77. The molecule has 1 aromatic carbocycles. The predicted molar refractivity (Wildman–Crippen MR) is 83.1 cm³/mol. The molecule has 2 nitrogen and oxygen atoms in total. The maximum absolute atomic E-state index is 6.44. The van der Waals surface area contributed by atoms with E-state index >= 15 is 0 Å². The minimum Gasteiger partial charge on any atom is -0.319 e. The Morgan fingerprint density at radius 2 is 2.16 bits per heavy atom. The number of hydrogen-bond acceptors (Lipinski definition) is 2. The van der Waals surface area contributed by atoms with Gasteiger partial charge in [-0.05, 0) is 57.1 Å². The molecule has 1 aromatic rings. The number of rotatable bonds is 4. The molecule has 0 aromatic heterocycles. The highest BCUT2D eigenvalue weighted by Gasteiger charge is 2.32. The van der Waals surface area contributed by atoms with Crippen LogP contribution in [0.1, 0.15) is 31.4 Å². The van der Waals surface area contributed by atoms with Gasteiger partial charge in [-0.3, -0.25) is 4.90 Å². The third-order valence-corrected chi connectivity index (χ3v) is 4.87. The van der Waals surface area contributed by atoms with Crippen LogP contribution in [-0.2, 0) is 0 Å². The Hall–Kier alpha value is -0.280. The Bertz CT molecular complexity index is 421. The van der Waals surface area contributed by atoms with Crippen LogP contribution < -0.4 is 5.32 Å². The van der Waals surface area contributed by atoms with Crippen molar-refractivity contribution >= 4 is 23.2 Å². The fraction of sp³-hybridized carbons (Fsp3) is 0.600. The normalized spacial score (nSPS) is 24.6. The summed E-state index contributed by atoms with van der Waals surface area (Å²) in [4.78, 5) is 2.52. The number of nitrogens with zero attached hydrogens (tertiary/aromatic N) is 1. The molecule has 0 spiro atoms. The summed E-state index contributed by atoms with van der Waals surface area (Å²) in [6, 6.07) is 6.36. The molecular formula is C15H22Cl2N2. The fourth-order valence-corrected chi connectivity index (χ4v) is 3.60. The van der Waals surface area contributed by atoms with Gasteiger partial charge in [0, 0.05) is 6.04 Å². The first-order valence-electron chi connectivity index (χ1n) is 7.01. The number of piperidine rings is 1. The lowest BCUT2D eigenvalue weighted by molar-refractivity contribution is 0.0983. The molecule has 1 fully saturated rings. The second-order valence-corrected chi connectivity index (χ2v) is 5.96. The van der Waals surface area contributed by atoms with E-state index in [1.165, 1.54) is 18.4 Å². The number of benzene rings is 1. The summed E-state index contributed by atoms with van der Waals surface area (Å²) in [5, 5.41) is 4.69. The van der Waals surface area contributed by atoms with Crippen LogP contribution in [0.4, 0.5) is 0 Å². The summed E-state index contributed by atoms with van der Waals surface area (Å²) in [5.74, 6) is 0.592. The lowest BCUT2D eigenvalue weighted by atomic mass is 9.84. The molecule has 0 bridgehead atoms. The smallest absolute Gasteiger partial charge is 0.0640 e. The molecule has 0 saturated carbocycles. The molecule has 1 aliphatic rings. The molecule has 2 atom stereocenters. The van der Waals surface area contributed by atoms with Crippen LogP contribution in [0, 0.1) is 5.92 Å². The molecule has 4 heteroatoms. The number of hydrogen-bond donors (Lipinski definition) is 1. The van der Waals surface area contributed by atoms with Gasteiger partial charge in [-0.15, -0.1) is 0 Å². The maximum atomic E-state index is 6.44. The summed E-state index contributed by atoms with van der Waals surface area (Å²) < 4.78 is 0. The van der Waals surface area contributed by atoms with Crippen molar-refractivity contribution in [1.29, 1.82) is 0 Å². The Balaban J connectivity index is 2.36. The second kappa shape index (κ2) is 6.94. The second-order valence-electron chi connectivity index (χ2n) is 5.18. The average molecular weight is 301 g/mol. The molecular weight excluding hydrogens is 279 g/mol. The molecule has 0 aliphatic carbocycles. The van der Waals surface area contributed by atoms with Crippen molar-refractivity contribution in [1.82, 2.24) is 10.2 Å². The highest BCUT2D eigenvalue weighted by atomic mass is 35.5. The van der Waals surface area contributed by atoms with Crippen LogP contribution in [0.3, 0.4) is 0 Å². The zero-order valence-electron chi connectivity index (χ0n) is 11.6. The van der Waals surface area contributed by atoms with Gasteiger partial charge in [-0.1, -0.05) is 42.3 Å². The summed E-state index contributed by atoms with van der Waals surface area (Å²) in [7, 11) is 2.02. The van der Waals surface area contributed by atoms with E-state index in [2.05, 4.69) is 23.2 Å². The Morgan fingerprint density at radius 3 is 2.84 bits per heavy atom. The van der Waals surface area contributed by atoms with Gasteiger partial charge in [0.1, 0.15) is 0 Å². The van der Waals surface area contributed by atoms with E-state index in [-0.39, 0.29) is 0 Å². The van der Waals surface area contributed by atoms with Gasteiger partial charge in [0.15, 0.2) is 0 Å². The molecule has 0 radical (unpaired) electrons. The third-order valence-electron chi connectivity index (χ3n) is 4.03. The van der Waals surface area contributed by atoms with Crippen LogP contribution in [0.5, 0.6) is 0 Å². The molecule has 2 unspecified atom stereocenters. The number of nitrogens with one attached hydrogen (secondary N) is 1. The Morgan fingerprint density at radius 1 is 1.37 bits per heavy atom. The molecule has 19 heavy (non-hydrogen) atoms. The molecule has 1 N–H and O–H groups in total. The molecule has 1 heterocycles. The van der Waals surface area contributed by atoms with E-state index in [0.717, 1.165) is 24.7 Å². The number of likely N-dealkylation sites (tertiary alicyclic amines) is 1. The minimum atomic E-state index is 0.373. The zero-order valence-corrected chi connectivity index (χ0v) is 13.1. The maximum Gasteiger partial charge on any atom is 0.0640 e. The standard InChI is InChI=1S/C15H22Cl2N2/c1-3-19-9-5-6-11(10-18-2)15(19)12-7-4-8-13(16)14(12)17/h4,7-8,11,15,18H,3,5-6,9-10H2,1-2H3. The molecule has 2 rings (SSSR count). The van der Waals surface area contributed by atoms with Gasteiger partial charge in [0.05, 0.1) is 10.0 Å². The van der Waals surface area contributed by atoms with Crippen molar-refractivity contribution in [3.63, 3.8) is 0 Å². The zero-order chi connectivity index (χ0) is 13.8. The van der Waals surface area contributed by atoms with Gasteiger partial charge in [-0.2, -0.15) is 0 Å². The van der Waals surface area contributed by atoms with Crippen molar-refractivity contribution in [3.8, 4) is 0 Å². The first-order chi connectivity index (χ1) is 9.19. The van der Waals surface area contributed by atoms with E-state index in [0.29, 0.717) is 17.0 Å². The van der Waals surface area contributed by atoms with Crippen molar-refractivity contribution in [3.05, 3.63) is 33.8 Å². The Labute approximate surface area is 126 Å². The van der Waals surface area contributed by atoms with Crippen molar-refractivity contribution in [2.24, 2.45) is 5.92 Å².